The molecule has 2 nitrogen and oxygen atoms in total. The summed E-state index contributed by atoms with van der Waals surface area (Å²) < 4.78 is 0. The Morgan fingerprint density at radius 1 is 1.14 bits per heavy atom. The normalized spacial score (nSPS) is 34.2. The van der Waals surface area contributed by atoms with Gasteiger partial charge in [0.05, 0.1) is 0 Å². The second-order valence-corrected chi connectivity index (χ2v) is 6.83. The standard InChI is InChI=1S/C19H30N2/c1-3-17-10-7-13-21(17)19-14-16(11-12-18(19)20-2)15-8-5-4-6-9-15/h4-6,8-9,16-20H,3,7,10-14H2,1-2H3. The Morgan fingerprint density at radius 2 is 1.95 bits per heavy atom. The molecule has 1 aliphatic carbocycles. The molecule has 2 aliphatic rings. The molecule has 2 fully saturated rings. The summed E-state index contributed by atoms with van der Waals surface area (Å²) in [4.78, 5) is 2.83. The van der Waals surface area contributed by atoms with Gasteiger partial charge in [0.2, 0.25) is 0 Å². The molecule has 3 rings (SSSR count). The maximum absolute atomic E-state index is 3.61. The minimum atomic E-state index is 0.678. The highest BCUT2D eigenvalue weighted by molar-refractivity contribution is 5.21. The molecular weight excluding hydrogens is 256 g/mol. The van der Waals surface area contributed by atoms with Gasteiger partial charge in [-0.1, -0.05) is 37.3 Å². The van der Waals surface area contributed by atoms with E-state index in [0.717, 1.165) is 18.0 Å². The van der Waals surface area contributed by atoms with E-state index in [1.54, 1.807) is 5.56 Å². The molecule has 1 aliphatic heterocycles. The van der Waals surface area contributed by atoms with Crippen molar-refractivity contribution in [3.63, 3.8) is 0 Å². The molecule has 4 atom stereocenters. The predicted molar refractivity (Wildman–Crippen MR) is 89.7 cm³/mol. The average Bonchev–Trinajstić information content (AvgIpc) is 3.03. The first-order valence-electron chi connectivity index (χ1n) is 8.81. The zero-order valence-corrected chi connectivity index (χ0v) is 13.6. The number of rotatable bonds is 4. The van der Waals surface area contributed by atoms with E-state index in [9.17, 15) is 0 Å². The van der Waals surface area contributed by atoms with E-state index in [2.05, 4.69) is 54.5 Å². The molecule has 0 radical (unpaired) electrons. The third-order valence-corrected chi connectivity index (χ3v) is 5.78. The lowest BCUT2D eigenvalue weighted by Gasteiger charge is -2.43. The van der Waals surface area contributed by atoms with Crippen LogP contribution in [-0.4, -0.2) is 36.6 Å². The highest BCUT2D eigenvalue weighted by atomic mass is 15.2. The molecule has 1 saturated heterocycles. The third kappa shape index (κ3) is 3.17. The average molecular weight is 286 g/mol. The molecule has 21 heavy (non-hydrogen) atoms. The number of likely N-dealkylation sites (tertiary alicyclic amines) is 1. The van der Waals surface area contributed by atoms with Crippen molar-refractivity contribution in [3.8, 4) is 0 Å². The van der Waals surface area contributed by atoms with E-state index in [0.29, 0.717) is 6.04 Å². The molecule has 0 aromatic heterocycles. The molecule has 116 valence electrons. The van der Waals surface area contributed by atoms with Crippen LogP contribution in [0.3, 0.4) is 0 Å². The molecule has 4 unspecified atom stereocenters. The van der Waals surface area contributed by atoms with Crippen LogP contribution in [0.2, 0.25) is 0 Å². The lowest BCUT2D eigenvalue weighted by molar-refractivity contribution is 0.102. The zero-order valence-electron chi connectivity index (χ0n) is 13.6. The second kappa shape index (κ2) is 6.93. The van der Waals surface area contributed by atoms with Crippen LogP contribution in [0, 0.1) is 0 Å². The van der Waals surface area contributed by atoms with Gasteiger partial charge in [-0.15, -0.1) is 0 Å². The van der Waals surface area contributed by atoms with Crippen molar-refractivity contribution in [2.75, 3.05) is 13.6 Å². The van der Waals surface area contributed by atoms with E-state index < -0.39 is 0 Å². The predicted octanol–water partition coefficient (Wildman–Crippen LogP) is 3.79. The SMILES string of the molecule is CCC1CCCN1C1CC(c2ccccc2)CCC1NC. The first kappa shape index (κ1) is 15.1. The van der Waals surface area contributed by atoms with Crippen LogP contribution < -0.4 is 5.32 Å². The van der Waals surface area contributed by atoms with Gasteiger partial charge in [-0.2, -0.15) is 0 Å². The van der Waals surface area contributed by atoms with Gasteiger partial charge in [0.25, 0.3) is 0 Å². The van der Waals surface area contributed by atoms with Crippen LogP contribution in [-0.2, 0) is 0 Å². The lowest BCUT2D eigenvalue weighted by Crippen LogP contribution is -2.53. The first-order valence-corrected chi connectivity index (χ1v) is 8.81. The van der Waals surface area contributed by atoms with Crippen molar-refractivity contribution in [2.45, 2.75) is 69.5 Å². The summed E-state index contributed by atoms with van der Waals surface area (Å²) in [5.41, 5.74) is 1.55. The van der Waals surface area contributed by atoms with E-state index in [4.69, 9.17) is 0 Å². The minimum Gasteiger partial charge on any atom is -0.315 e. The lowest BCUT2D eigenvalue weighted by atomic mass is 9.78. The summed E-state index contributed by atoms with van der Waals surface area (Å²) in [7, 11) is 2.15. The molecular formula is C19H30N2. The summed E-state index contributed by atoms with van der Waals surface area (Å²) >= 11 is 0. The van der Waals surface area contributed by atoms with Crippen LogP contribution >= 0.6 is 0 Å². The number of nitrogens with one attached hydrogen (secondary N) is 1. The van der Waals surface area contributed by atoms with Gasteiger partial charge in [0.1, 0.15) is 0 Å². The quantitative estimate of drug-likeness (QED) is 0.906. The van der Waals surface area contributed by atoms with Crippen LogP contribution in [0.5, 0.6) is 0 Å². The number of likely N-dealkylation sites (N-methyl/N-ethyl adjacent to an activating group) is 1. The van der Waals surface area contributed by atoms with Crippen molar-refractivity contribution in [1.82, 2.24) is 10.2 Å². The fourth-order valence-corrected chi connectivity index (χ4v) is 4.61. The van der Waals surface area contributed by atoms with Crippen molar-refractivity contribution in [1.29, 1.82) is 0 Å². The molecule has 1 saturated carbocycles. The third-order valence-electron chi connectivity index (χ3n) is 5.78. The van der Waals surface area contributed by atoms with E-state index >= 15 is 0 Å². The van der Waals surface area contributed by atoms with Gasteiger partial charge in [0, 0.05) is 18.1 Å². The molecule has 1 aromatic carbocycles. The molecule has 1 N–H and O–H groups in total. The Balaban J connectivity index is 1.76. The van der Waals surface area contributed by atoms with Gasteiger partial charge in [-0.25, -0.2) is 0 Å². The Hall–Kier alpha value is -0.860. The number of hydrogen-bond donors (Lipinski definition) is 1. The summed E-state index contributed by atoms with van der Waals surface area (Å²) in [5.74, 6) is 0.749. The van der Waals surface area contributed by atoms with Gasteiger partial charge in [-0.05, 0) is 63.6 Å². The Bertz CT molecular complexity index is 430. The van der Waals surface area contributed by atoms with Crippen LogP contribution in [0.1, 0.15) is 56.9 Å². The fourth-order valence-electron chi connectivity index (χ4n) is 4.61. The summed E-state index contributed by atoms with van der Waals surface area (Å²) in [5, 5.41) is 3.61. The van der Waals surface area contributed by atoms with Gasteiger partial charge in [0.15, 0.2) is 0 Å². The highest BCUT2D eigenvalue weighted by Crippen LogP contribution is 2.38. The smallest absolute Gasteiger partial charge is 0.0257 e. The van der Waals surface area contributed by atoms with Crippen molar-refractivity contribution >= 4 is 0 Å². The maximum atomic E-state index is 3.61. The highest BCUT2D eigenvalue weighted by Gasteiger charge is 2.38. The van der Waals surface area contributed by atoms with Crippen LogP contribution in [0.4, 0.5) is 0 Å². The molecule has 0 amide bonds. The summed E-state index contributed by atoms with van der Waals surface area (Å²) in [6.45, 7) is 3.66. The topological polar surface area (TPSA) is 15.3 Å². The van der Waals surface area contributed by atoms with Crippen molar-refractivity contribution in [2.24, 2.45) is 0 Å². The Morgan fingerprint density at radius 3 is 2.67 bits per heavy atom. The summed E-state index contributed by atoms with van der Waals surface area (Å²) in [6.07, 6.45) is 8.07. The van der Waals surface area contributed by atoms with E-state index in [-0.39, 0.29) is 0 Å². The monoisotopic (exact) mass is 286 g/mol. The number of hydrogen-bond acceptors (Lipinski definition) is 2. The molecule has 0 bridgehead atoms. The van der Waals surface area contributed by atoms with Gasteiger partial charge in [-0.3, -0.25) is 4.90 Å². The van der Waals surface area contributed by atoms with Gasteiger partial charge < -0.3 is 5.32 Å². The van der Waals surface area contributed by atoms with Crippen LogP contribution in [0.25, 0.3) is 0 Å². The Labute approximate surface area is 129 Å². The molecule has 1 heterocycles. The van der Waals surface area contributed by atoms with E-state index in [1.807, 2.05) is 0 Å². The number of benzene rings is 1. The van der Waals surface area contributed by atoms with Crippen molar-refractivity contribution < 1.29 is 0 Å². The minimum absolute atomic E-state index is 0.678. The Kier molecular flexibility index (Phi) is 4.97. The zero-order chi connectivity index (χ0) is 14.7. The summed E-state index contributed by atoms with van der Waals surface area (Å²) in [6, 6.07) is 13.4. The largest absolute Gasteiger partial charge is 0.315 e. The second-order valence-electron chi connectivity index (χ2n) is 6.83. The van der Waals surface area contributed by atoms with Gasteiger partial charge >= 0.3 is 0 Å². The maximum Gasteiger partial charge on any atom is 0.0257 e. The van der Waals surface area contributed by atoms with Crippen molar-refractivity contribution in [3.05, 3.63) is 35.9 Å². The fraction of sp³-hybridized carbons (Fsp3) is 0.684. The molecule has 0 spiro atoms. The first-order chi connectivity index (χ1) is 10.3. The molecule has 1 aromatic rings. The number of nitrogens with zero attached hydrogens (tertiary/aromatic N) is 1. The van der Waals surface area contributed by atoms with Crippen LogP contribution in [0.15, 0.2) is 30.3 Å². The molecule has 2 heteroatoms. The van der Waals surface area contributed by atoms with E-state index in [1.165, 1.54) is 45.1 Å².